The van der Waals surface area contributed by atoms with E-state index in [1.165, 1.54) is 11.1 Å². The van der Waals surface area contributed by atoms with E-state index in [4.69, 9.17) is 4.74 Å². The van der Waals surface area contributed by atoms with Crippen molar-refractivity contribution >= 4 is 23.3 Å². The lowest BCUT2D eigenvalue weighted by molar-refractivity contribution is 0.0698. The molecule has 1 heterocycles. The number of benzene rings is 3. The first kappa shape index (κ1) is 21.4. The molecule has 1 atom stereocenters. The van der Waals surface area contributed by atoms with E-state index in [2.05, 4.69) is 35.3 Å². The van der Waals surface area contributed by atoms with E-state index < -0.39 is 5.97 Å². The van der Waals surface area contributed by atoms with Gasteiger partial charge in [-0.3, -0.25) is 4.79 Å². The van der Waals surface area contributed by atoms with Gasteiger partial charge in [0.05, 0.1) is 18.4 Å². The molecule has 0 aromatic heterocycles. The van der Waals surface area contributed by atoms with Crippen molar-refractivity contribution in [3.63, 3.8) is 0 Å². The number of hydrogen-bond acceptors (Lipinski definition) is 4. The van der Waals surface area contributed by atoms with Crippen LogP contribution in [-0.4, -0.2) is 37.2 Å². The Morgan fingerprint density at radius 3 is 2.50 bits per heavy atom. The minimum atomic E-state index is -1.08. The minimum absolute atomic E-state index is 0.0729. The molecule has 0 spiro atoms. The number of nitrogens with zero attached hydrogens (tertiary/aromatic N) is 1. The molecule has 3 aromatic carbocycles. The highest BCUT2D eigenvalue weighted by molar-refractivity contribution is 6.08. The first-order valence-electron chi connectivity index (χ1n) is 10.6. The second kappa shape index (κ2) is 9.14. The number of carboxylic acids is 1. The van der Waals surface area contributed by atoms with E-state index in [9.17, 15) is 14.7 Å². The largest absolute Gasteiger partial charge is 0.497 e. The quantitative estimate of drug-likeness (QED) is 0.579. The summed E-state index contributed by atoms with van der Waals surface area (Å²) in [5.74, 6) is -0.388. The fourth-order valence-electron chi connectivity index (χ4n) is 4.25. The topological polar surface area (TPSA) is 78.9 Å². The number of amides is 1. The number of carbonyl (C=O) groups excluding carboxylic acids is 1. The monoisotopic (exact) mass is 430 g/mol. The molecule has 0 aliphatic carbocycles. The van der Waals surface area contributed by atoms with Gasteiger partial charge < -0.3 is 20.1 Å². The van der Waals surface area contributed by atoms with Gasteiger partial charge in [0.2, 0.25) is 0 Å². The first-order chi connectivity index (χ1) is 15.5. The van der Waals surface area contributed by atoms with Crippen LogP contribution in [-0.2, 0) is 0 Å². The summed E-state index contributed by atoms with van der Waals surface area (Å²) in [4.78, 5) is 26.7. The zero-order valence-corrected chi connectivity index (χ0v) is 18.2. The van der Waals surface area contributed by atoms with Crippen molar-refractivity contribution in [2.45, 2.75) is 19.3 Å². The maximum Gasteiger partial charge on any atom is 0.337 e. The van der Waals surface area contributed by atoms with Crippen LogP contribution in [0.4, 0.5) is 11.4 Å². The molecule has 1 fully saturated rings. The molecule has 1 aliphatic heterocycles. The van der Waals surface area contributed by atoms with E-state index in [1.807, 2.05) is 12.1 Å². The zero-order chi connectivity index (χ0) is 22.7. The molecule has 2 N–H and O–H groups in total. The van der Waals surface area contributed by atoms with Gasteiger partial charge in [0, 0.05) is 30.3 Å². The Bertz CT molecular complexity index is 1140. The molecule has 3 aromatic rings. The lowest BCUT2D eigenvalue weighted by Gasteiger charge is -2.21. The van der Waals surface area contributed by atoms with Crippen LogP contribution in [0.15, 0.2) is 66.7 Å². The average Bonchev–Trinajstić information content (AvgIpc) is 3.29. The lowest BCUT2D eigenvalue weighted by atomic mass is 9.94. The number of aromatic carboxylic acids is 1. The Kier molecular flexibility index (Phi) is 6.12. The Labute approximate surface area is 187 Å². The van der Waals surface area contributed by atoms with Crippen LogP contribution in [0.5, 0.6) is 5.75 Å². The van der Waals surface area contributed by atoms with Gasteiger partial charge in [0.1, 0.15) is 5.75 Å². The summed E-state index contributed by atoms with van der Waals surface area (Å²) >= 11 is 0. The average molecular weight is 431 g/mol. The molecule has 6 nitrogen and oxygen atoms in total. The SMILES string of the molecule is COc1ccc(C(=O)Nc2ccc(N3CCC(c4ccccc4C)C3)cc2C(=O)O)cc1. The molecule has 1 aliphatic rings. The van der Waals surface area contributed by atoms with Crippen LogP contribution in [0.1, 0.15) is 44.2 Å². The van der Waals surface area contributed by atoms with Crippen molar-refractivity contribution in [2.75, 3.05) is 30.4 Å². The molecule has 0 bridgehead atoms. The maximum atomic E-state index is 12.6. The molecule has 1 amide bonds. The zero-order valence-electron chi connectivity index (χ0n) is 18.2. The number of nitrogens with one attached hydrogen (secondary N) is 1. The van der Waals surface area contributed by atoms with Crippen LogP contribution in [0.25, 0.3) is 0 Å². The second-order valence-corrected chi connectivity index (χ2v) is 8.01. The summed E-state index contributed by atoms with van der Waals surface area (Å²) < 4.78 is 5.11. The van der Waals surface area contributed by atoms with Crippen LogP contribution in [0.2, 0.25) is 0 Å². The van der Waals surface area contributed by atoms with E-state index >= 15 is 0 Å². The smallest absolute Gasteiger partial charge is 0.337 e. The van der Waals surface area contributed by atoms with E-state index in [0.717, 1.165) is 25.2 Å². The number of aryl methyl sites for hydroxylation is 1. The highest BCUT2D eigenvalue weighted by atomic mass is 16.5. The third-order valence-electron chi connectivity index (χ3n) is 6.02. The van der Waals surface area contributed by atoms with Crippen molar-refractivity contribution in [3.05, 3.63) is 89.0 Å². The predicted molar refractivity (Wildman–Crippen MR) is 125 cm³/mol. The highest BCUT2D eigenvalue weighted by Crippen LogP contribution is 2.34. The molecular weight excluding hydrogens is 404 g/mol. The van der Waals surface area contributed by atoms with Crippen molar-refractivity contribution in [3.8, 4) is 5.75 Å². The lowest BCUT2D eigenvalue weighted by Crippen LogP contribution is -2.20. The number of carbonyl (C=O) groups is 2. The van der Waals surface area contributed by atoms with E-state index in [-0.39, 0.29) is 17.2 Å². The van der Waals surface area contributed by atoms with Crippen LogP contribution in [0.3, 0.4) is 0 Å². The summed E-state index contributed by atoms with van der Waals surface area (Å²) in [6, 6.07) is 20.2. The fourth-order valence-corrected chi connectivity index (χ4v) is 4.25. The van der Waals surface area contributed by atoms with Gasteiger partial charge in [-0.25, -0.2) is 4.79 Å². The van der Waals surface area contributed by atoms with Crippen molar-refractivity contribution in [1.82, 2.24) is 0 Å². The molecule has 1 unspecified atom stereocenters. The minimum Gasteiger partial charge on any atom is -0.497 e. The van der Waals surface area contributed by atoms with Crippen LogP contribution >= 0.6 is 0 Å². The van der Waals surface area contributed by atoms with Gasteiger partial charge in [0.25, 0.3) is 5.91 Å². The molecule has 164 valence electrons. The van der Waals surface area contributed by atoms with E-state index in [0.29, 0.717) is 17.2 Å². The number of carboxylic acid groups (broad SMARTS) is 1. The summed E-state index contributed by atoms with van der Waals surface area (Å²) in [5, 5.41) is 12.5. The van der Waals surface area contributed by atoms with Crippen LogP contribution in [0, 0.1) is 6.92 Å². The summed E-state index contributed by atoms with van der Waals surface area (Å²) in [6.45, 7) is 3.82. The Balaban J connectivity index is 1.52. The Hall–Kier alpha value is -3.80. The summed E-state index contributed by atoms with van der Waals surface area (Å²) in [6.07, 6.45) is 1.02. The molecule has 4 rings (SSSR count). The Morgan fingerprint density at radius 1 is 1.06 bits per heavy atom. The molecule has 0 saturated carbocycles. The molecule has 6 heteroatoms. The fraction of sp³-hybridized carbons (Fsp3) is 0.231. The number of ether oxygens (including phenoxy) is 1. The van der Waals surface area contributed by atoms with E-state index in [1.54, 1.807) is 43.5 Å². The number of rotatable bonds is 6. The standard InChI is InChI=1S/C26H26N2O4/c1-17-5-3-4-6-22(17)19-13-14-28(16-19)20-9-12-24(23(15-20)26(30)31)27-25(29)18-7-10-21(32-2)11-8-18/h3-12,15,19H,13-14,16H2,1-2H3,(H,27,29)(H,30,31). The number of hydrogen-bond donors (Lipinski definition) is 2. The van der Waals surface area contributed by atoms with Gasteiger partial charge in [0.15, 0.2) is 0 Å². The van der Waals surface area contributed by atoms with Gasteiger partial charge in [-0.15, -0.1) is 0 Å². The number of methoxy groups -OCH3 is 1. The molecular formula is C26H26N2O4. The highest BCUT2D eigenvalue weighted by Gasteiger charge is 2.26. The molecule has 32 heavy (non-hydrogen) atoms. The summed E-state index contributed by atoms with van der Waals surface area (Å²) in [7, 11) is 1.55. The van der Waals surface area contributed by atoms with Crippen molar-refractivity contribution < 1.29 is 19.4 Å². The third kappa shape index (κ3) is 4.44. The Morgan fingerprint density at radius 2 is 1.81 bits per heavy atom. The third-order valence-corrected chi connectivity index (χ3v) is 6.02. The van der Waals surface area contributed by atoms with Gasteiger partial charge >= 0.3 is 5.97 Å². The second-order valence-electron chi connectivity index (χ2n) is 8.01. The van der Waals surface area contributed by atoms with Gasteiger partial charge in [-0.2, -0.15) is 0 Å². The first-order valence-corrected chi connectivity index (χ1v) is 10.6. The summed E-state index contributed by atoms with van der Waals surface area (Å²) in [5.41, 5.74) is 4.24. The molecule has 1 saturated heterocycles. The normalized spacial score (nSPS) is 15.4. The van der Waals surface area contributed by atoms with Crippen LogP contribution < -0.4 is 15.0 Å². The maximum absolute atomic E-state index is 12.6. The van der Waals surface area contributed by atoms with Crippen molar-refractivity contribution in [2.24, 2.45) is 0 Å². The predicted octanol–water partition coefficient (Wildman–Crippen LogP) is 4.95. The van der Waals surface area contributed by atoms with Crippen molar-refractivity contribution in [1.29, 1.82) is 0 Å². The number of anilines is 2. The molecule has 0 radical (unpaired) electrons. The van der Waals surface area contributed by atoms with Gasteiger partial charge in [-0.1, -0.05) is 24.3 Å². The van der Waals surface area contributed by atoms with Gasteiger partial charge in [-0.05, 0) is 66.9 Å².